The van der Waals surface area contributed by atoms with Gasteiger partial charge >= 0.3 is 0 Å². The predicted molar refractivity (Wildman–Crippen MR) is 43.5 cm³/mol. The molecule has 2 N–H and O–H groups in total. The van der Waals surface area contributed by atoms with E-state index >= 15 is 0 Å². The van der Waals surface area contributed by atoms with Gasteiger partial charge in [0.15, 0.2) is 0 Å². The molecule has 1 aliphatic heterocycles. The molecule has 0 aliphatic carbocycles. The van der Waals surface area contributed by atoms with Crippen molar-refractivity contribution in [2.45, 2.75) is 19.0 Å². The van der Waals surface area contributed by atoms with Gasteiger partial charge < -0.3 is 5.32 Å². The van der Waals surface area contributed by atoms with Crippen LogP contribution in [-0.4, -0.2) is 12.7 Å². The lowest BCUT2D eigenvalue weighted by atomic mass is 10.2. The summed E-state index contributed by atoms with van der Waals surface area (Å²) < 4.78 is 0. The Balaban J connectivity index is 2.15. The van der Waals surface area contributed by atoms with Gasteiger partial charge in [0.05, 0.1) is 6.17 Å². The molecule has 0 fully saturated rings. The average Bonchev–Trinajstić information content (AvgIpc) is 2.03. The van der Waals surface area contributed by atoms with Crippen molar-refractivity contribution in [1.29, 1.82) is 0 Å². The van der Waals surface area contributed by atoms with Crippen LogP contribution in [0.25, 0.3) is 0 Å². The summed E-state index contributed by atoms with van der Waals surface area (Å²) in [6.07, 6.45) is 8.66. The number of rotatable bonds is 3. The van der Waals surface area contributed by atoms with Crippen LogP contribution in [0.2, 0.25) is 0 Å². The maximum atomic E-state index is 3.67. The first-order valence-electron chi connectivity index (χ1n) is 3.69. The van der Waals surface area contributed by atoms with Crippen molar-refractivity contribution in [3.05, 3.63) is 24.9 Å². The van der Waals surface area contributed by atoms with Crippen LogP contribution in [0.15, 0.2) is 24.9 Å². The maximum Gasteiger partial charge on any atom is 0.0768 e. The molecular weight excluding hydrogens is 124 g/mol. The van der Waals surface area contributed by atoms with Crippen molar-refractivity contribution in [2.24, 2.45) is 0 Å². The second-order valence-corrected chi connectivity index (χ2v) is 2.40. The normalized spacial score (nSPS) is 23.8. The molecule has 0 radical (unpaired) electrons. The minimum atomic E-state index is 0.447. The van der Waals surface area contributed by atoms with E-state index in [1.54, 1.807) is 0 Å². The predicted octanol–water partition coefficient (Wildman–Crippen LogP) is 0.985. The van der Waals surface area contributed by atoms with E-state index in [2.05, 4.69) is 23.3 Å². The summed E-state index contributed by atoms with van der Waals surface area (Å²) in [6, 6.07) is 0. The zero-order chi connectivity index (χ0) is 7.23. The number of hydrogen-bond donors (Lipinski definition) is 2. The van der Waals surface area contributed by atoms with Crippen LogP contribution >= 0.6 is 0 Å². The highest BCUT2D eigenvalue weighted by Gasteiger charge is 2.04. The lowest BCUT2D eigenvalue weighted by molar-refractivity contribution is 0.450. The molecule has 0 saturated heterocycles. The third-order valence-electron chi connectivity index (χ3n) is 1.56. The van der Waals surface area contributed by atoms with Gasteiger partial charge in [-0.05, 0) is 19.0 Å². The first-order chi connectivity index (χ1) is 4.93. The molecule has 1 aliphatic rings. The molecule has 2 nitrogen and oxygen atoms in total. The van der Waals surface area contributed by atoms with Crippen LogP contribution in [-0.2, 0) is 0 Å². The van der Waals surface area contributed by atoms with Crippen molar-refractivity contribution in [3.63, 3.8) is 0 Å². The van der Waals surface area contributed by atoms with E-state index in [0.717, 1.165) is 19.4 Å². The van der Waals surface area contributed by atoms with Gasteiger partial charge in [0.25, 0.3) is 0 Å². The maximum absolute atomic E-state index is 3.67. The fraction of sp³-hybridized carbons (Fsp3) is 0.500. The van der Waals surface area contributed by atoms with Crippen LogP contribution in [0.1, 0.15) is 12.8 Å². The van der Waals surface area contributed by atoms with Crippen LogP contribution in [0.5, 0.6) is 0 Å². The highest BCUT2D eigenvalue weighted by molar-refractivity contribution is 4.90. The second kappa shape index (κ2) is 4.12. The van der Waals surface area contributed by atoms with Crippen LogP contribution in [0.3, 0.4) is 0 Å². The summed E-state index contributed by atoms with van der Waals surface area (Å²) in [5.41, 5.74) is 0. The summed E-state index contributed by atoms with van der Waals surface area (Å²) in [4.78, 5) is 0. The van der Waals surface area contributed by atoms with Gasteiger partial charge in [-0.25, -0.2) is 0 Å². The summed E-state index contributed by atoms with van der Waals surface area (Å²) in [5.74, 6) is 0. The molecule has 1 atom stereocenters. The van der Waals surface area contributed by atoms with Crippen molar-refractivity contribution >= 4 is 0 Å². The quantitative estimate of drug-likeness (QED) is 0.568. The summed E-state index contributed by atoms with van der Waals surface area (Å²) in [5, 5.41) is 6.52. The van der Waals surface area contributed by atoms with E-state index < -0.39 is 0 Å². The molecule has 2 heteroatoms. The van der Waals surface area contributed by atoms with E-state index in [1.807, 2.05) is 12.3 Å². The first kappa shape index (κ1) is 7.35. The molecule has 1 heterocycles. The Bertz CT molecular complexity index is 129. The van der Waals surface area contributed by atoms with Gasteiger partial charge in [0.2, 0.25) is 0 Å². The number of hydrogen-bond acceptors (Lipinski definition) is 2. The van der Waals surface area contributed by atoms with Crippen LogP contribution in [0, 0.1) is 0 Å². The van der Waals surface area contributed by atoms with Crippen molar-refractivity contribution in [3.8, 4) is 0 Å². The second-order valence-electron chi connectivity index (χ2n) is 2.40. The Morgan fingerprint density at radius 3 is 3.20 bits per heavy atom. The Morgan fingerprint density at radius 2 is 2.60 bits per heavy atom. The van der Waals surface area contributed by atoms with E-state index in [-0.39, 0.29) is 0 Å². The molecule has 1 rings (SSSR count). The molecule has 0 amide bonds. The van der Waals surface area contributed by atoms with Gasteiger partial charge in [0.1, 0.15) is 0 Å². The summed E-state index contributed by atoms with van der Waals surface area (Å²) in [7, 11) is 0. The highest BCUT2D eigenvalue weighted by Crippen LogP contribution is 1.96. The largest absolute Gasteiger partial charge is 0.376 e. The summed E-state index contributed by atoms with van der Waals surface area (Å²) >= 11 is 0. The minimum absolute atomic E-state index is 0.447. The lowest BCUT2D eigenvalue weighted by Gasteiger charge is -2.20. The molecule has 0 aromatic carbocycles. The molecule has 0 aromatic rings. The van der Waals surface area contributed by atoms with E-state index in [9.17, 15) is 0 Å². The van der Waals surface area contributed by atoms with Gasteiger partial charge in [0, 0.05) is 6.54 Å². The fourth-order valence-corrected chi connectivity index (χ4v) is 0.982. The average molecular weight is 138 g/mol. The topological polar surface area (TPSA) is 24.1 Å². The molecular formula is C8H14N2. The van der Waals surface area contributed by atoms with Gasteiger partial charge in [-0.1, -0.05) is 12.2 Å². The van der Waals surface area contributed by atoms with E-state index in [0.29, 0.717) is 6.17 Å². The third-order valence-corrected chi connectivity index (χ3v) is 1.56. The van der Waals surface area contributed by atoms with Crippen molar-refractivity contribution < 1.29 is 0 Å². The Hall–Kier alpha value is -0.760. The highest BCUT2D eigenvalue weighted by atomic mass is 15.1. The SMILES string of the molecule is C=CCCC1NC=CCN1. The molecule has 0 saturated carbocycles. The van der Waals surface area contributed by atoms with Gasteiger partial charge in [-0.3, -0.25) is 5.32 Å². The van der Waals surface area contributed by atoms with E-state index in [1.165, 1.54) is 0 Å². The molecule has 10 heavy (non-hydrogen) atoms. The molecule has 0 aromatic heterocycles. The van der Waals surface area contributed by atoms with E-state index in [4.69, 9.17) is 0 Å². The molecule has 1 unspecified atom stereocenters. The zero-order valence-corrected chi connectivity index (χ0v) is 6.14. The van der Waals surface area contributed by atoms with Gasteiger partial charge in [-0.2, -0.15) is 0 Å². The smallest absolute Gasteiger partial charge is 0.0768 e. The number of nitrogens with one attached hydrogen (secondary N) is 2. The summed E-state index contributed by atoms with van der Waals surface area (Å²) in [6.45, 7) is 4.65. The molecule has 0 bridgehead atoms. The number of allylic oxidation sites excluding steroid dienone is 1. The van der Waals surface area contributed by atoms with Crippen molar-refractivity contribution in [1.82, 2.24) is 10.6 Å². The van der Waals surface area contributed by atoms with Crippen molar-refractivity contribution in [2.75, 3.05) is 6.54 Å². The van der Waals surface area contributed by atoms with Gasteiger partial charge in [-0.15, -0.1) is 6.58 Å². The monoisotopic (exact) mass is 138 g/mol. The minimum Gasteiger partial charge on any atom is -0.376 e. The zero-order valence-electron chi connectivity index (χ0n) is 6.14. The standard InChI is InChI=1S/C8H14N2/c1-2-3-5-8-9-6-4-7-10-8/h2,4,6,8-10H,1,3,5,7H2. The first-order valence-corrected chi connectivity index (χ1v) is 3.69. The third kappa shape index (κ3) is 2.23. The fourth-order valence-electron chi connectivity index (χ4n) is 0.982. The Labute approximate surface area is 62.0 Å². The Morgan fingerprint density at radius 1 is 1.70 bits per heavy atom. The van der Waals surface area contributed by atoms with Crippen LogP contribution in [0.4, 0.5) is 0 Å². The lowest BCUT2D eigenvalue weighted by Crippen LogP contribution is -2.42. The van der Waals surface area contributed by atoms with Crippen LogP contribution < -0.4 is 10.6 Å². The Kier molecular flexibility index (Phi) is 3.03. The molecule has 56 valence electrons. The molecule has 0 spiro atoms.